The van der Waals surface area contributed by atoms with Gasteiger partial charge in [-0.25, -0.2) is 4.98 Å². The Bertz CT molecular complexity index is 533. The molecule has 0 spiro atoms. The first-order chi connectivity index (χ1) is 8.33. The van der Waals surface area contributed by atoms with Crippen LogP contribution in [0.4, 0.5) is 5.82 Å². The lowest BCUT2D eigenvalue weighted by atomic mass is 10.4. The highest BCUT2D eigenvalue weighted by Gasteiger charge is 2.28. The molecule has 17 heavy (non-hydrogen) atoms. The highest BCUT2D eigenvalue weighted by molar-refractivity contribution is 6.00. The van der Waals surface area contributed by atoms with Crippen LogP contribution in [0.15, 0.2) is 18.3 Å². The Morgan fingerprint density at radius 2 is 2.35 bits per heavy atom. The molecule has 1 aliphatic carbocycles. The predicted molar refractivity (Wildman–Crippen MR) is 58.3 cm³/mol. The van der Waals surface area contributed by atoms with Gasteiger partial charge in [0.25, 0.3) is 5.91 Å². The highest BCUT2D eigenvalue weighted by Crippen LogP contribution is 2.37. The van der Waals surface area contributed by atoms with Crippen LogP contribution in [0.5, 0.6) is 0 Å². The van der Waals surface area contributed by atoms with Gasteiger partial charge < -0.3 is 5.32 Å². The Labute approximate surface area is 96.7 Å². The molecule has 1 aliphatic rings. The van der Waals surface area contributed by atoms with Gasteiger partial charge in [-0.05, 0) is 25.0 Å². The molecule has 0 aliphatic heterocycles. The fourth-order valence-corrected chi connectivity index (χ4v) is 1.46. The Balaban J connectivity index is 1.72. The van der Waals surface area contributed by atoms with Crippen molar-refractivity contribution in [2.75, 3.05) is 5.32 Å². The van der Waals surface area contributed by atoms with Gasteiger partial charge in [0.2, 0.25) is 5.82 Å². The summed E-state index contributed by atoms with van der Waals surface area (Å²) in [4.78, 5) is 15.9. The van der Waals surface area contributed by atoms with Crippen LogP contribution in [0.25, 0.3) is 0 Å². The molecule has 0 bridgehead atoms. The Morgan fingerprint density at radius 3 is 3.06 bits per heavy atom. The van der Waals surface area contributed by atoms with Crippen molar-refractivity contribution in [2.45, 2.75) is 18.8 Å². The van der Waals surface area contributed by atoms with Gasteiger partial charge in [0.15, 0.2) is 5.82 Å². The molecule has 1 saturated carbocycles. The van der Waals surface area contributed by atoms with Crippen LogP contribution in [0, 0.1) is 0 Å². The van der Waals surface area contributed by atoms with E-state index in [1.807, 2.05) is 0 Å². The molecule has 0 unspecified atom stereocenters. The quantitative estimate of drug-likeness (QED) is 0.810. The van der Waals surface area contributed by atoms with Crippen LogP contribution in [0.3, 0.4) is 0 Å². The molecule has 2 aromatic heterocycles. The summed E-state index contributed by atoms with van der Waals surface area (Å²) < 4.78 is 0. The number of carbonyl (C=O) groups is 1. The molecule has 0 saturated heterocycles. The summed E-state index contributed by atoms with van der Waals surface area (Å²) in [5.41, 5.74) is 0. The van der Waals surface area contributed by atoms with Gasteiger partial charge in [-0.1, -0.05) is 0 Å². The molecule has 0 aromatic carbocycles. The van der Waals surface area contributed by atoms with E-state index in [9.17, 15) is 4.79 Å². The van der Waals surface area contributed by atoms with Crippen LogP contribution in [-0.2, 0) is 0 Å². The minimum absolute atomic E-state index is 0.137. The number of anilines is 1. The van der Waals surface area contributed by atoms with Crippen LogP contribution in [-0.4, -0.2) is 31.3 Å². The molecule has 7 nitrogen and oxygen atoms in total. The molecular formula is C10H10N6O. The largest absolute Gasteiger partial charge is 0.302 e. The molecule has 86 valence electrons. The third-order valence-corrected chi connectivity index (χ3v) is 2.48. The zero-order chi connectivity index (χ0) is 11.7. The number of nitrogens with one attached hydrogen (secondary N) is 2. The lowest BCUT2D eigenvalue weighted by molar-refractivity contribution is 0.101. The van der Waals surface area contributed by atoms with Crippen molar-refractivity contribution < 1.29 is 4.79 Å². The van der Waals surface area contributed by atoms with Gasteiger partial charge >= 0.3 is 0 Å². The molecule has 7 heteroatoms. The zero-order valence-corrected chi connectivity index (χ0v) is 8.92. The van der Waals surface area contributed by atoms with Gasteiger partial charge in [-0.2, -0.15) is 5.10 Å². The molecule has 2 aromatic rings. The maximum Gasteiger partial charge on any atom is 0.296 e. The standard InChI is InChI=1S/C10H10N6O/c17-10(12-7-2-1-5-11-14-7)9-13-8(15-16-9)6-3-4-6/h1-2,5-6H,3-4H2,(H,12,14,17)(H,13,15,16). The van der Waals surface area contributed by atoms with E-state index < -0.39 is 0 Å². The van der Waals surface area contributed by atoms with Crippen molar-refractivity contribution in [3.05, 3.63) is 30.0 Å². The summed E-state index contributed by atoms with van der Waals surface area (Å²) in [6, 6.07) is 3.34. The molecular weight excluding hydrogens is 220 g/mol. The van der Waals surface area contributed by atoms with E-state index in [1.165, 1.54) is 6.20 Å². The molecule has 1 fully saturated rings. The lowest BCUT2D eigenvalue weighted by Crippen LogP contribution is -2.15. The number of nitrogens with zero attached hydrogens (tertiary/aromatic N) is 4. The van der Waals surface area contributed by atoms with Gasteiger partial charge in [0.05, 0.1) is 0 Å². The molecule has 2 heterocycles. The third kappa shape index (κ3) is 2.12. The summed E-state index contributed by atoms with van der Waals surface area (Å²) in [7, 11) is 0. The van der Waals surface area contributed by atoms with Crippen molar-refractivity contribution in [1.29, 1.82) is 0 Å². The second-order valence-electron chi connectivity index (χ2n) is 3.88. The average Bonchev–Trinajstić information content (AvgIpc) is 3.08. The predicted octanol–water partition coefficient (Wildman–Crippen LogP) is 0.724. The smallest absolute Gasteiger partial charge is 0.296 e. The van der Waals surface area contributed by atoms with Gasteiger partial charge in [0.1, 0.15) is 5.82 Å². The van der Waals surface area contributed by atoms with Gasteiger partial charge in [0, 0.05) is 12.1 Å². The summed E-state index contributed by atoms with van der Waals surface area (Å²) >= 11 is 0. The Morgan fingerprint density at radius 1 is 1.47 bits per heavy atom. The molecule has 2 N–H and O–H groups in total. The summed E-state index contributed by atoms with van der Waals surface area (Å²) in [5.74, 6) is 1.37. The topological polar surface area (TPSA) is 96.5 Å². The number of H-pyrrole nitrogens is 1. The number of aromatic nitrogens is 5. The van der Waals surface area contributed by atoms with E-state index in [-0.39, 0.29) is 11.7 Å². The number of rotatable bonds is 3. The van der Waals surface area contributed by atoms with E-state index in [1.54, 1.807) is 12.1 Å². The summed E-state index contributed by atoms with van der Waals surface area (Å²) in [6.45, 7) is 0. The minimum atomic E-state index is -0.381. The minimum Gasteiger partial charge on any atom is -0.302 e. The number of amides is 1. The van der Waals surface area contributed by atoms with E-state index in [0.717, 1.165) is 18.7 Å². The number of hydrogen-bond donors (Lipinski definition) is 2. The first-order valence-corrected chi connectivity index (χ1v) is 5.34. The van der Waals surface area contributed by atoms with Gasteiger partial charge in [-0.3, -0.25) is 9.89 Å². The number of hydrogen-bond acceptors (Lipinski definition) is 5. The molecule has 0 radical (unpaired) electrons. The monoisotopic (exact) mass is 230 g/mol. The molecule has 0 atom stereocenters. The maximum absolute atomic E-state index is 11.7. The van der Waals surface area contributed by atoms with Gasteiger partial charge in [-0.15, -0.1) is 10.2 Å². The second-order valence-corrected chi connectivity index (χ2v) is 3.88. The zero-order valence-electron chi connectivity index (χ0n) is 8.92. The van der Waals surface area contributed by atoms with Crippen LogP contribution < -0.4 is 5.32 Å². The summed E-state index contributed by atoms with van der Waals surface area (Å²) in [6.07, 6.45) is 3.76. The lowest BCUT2D eigenvalue weighted by Gasteiger charge is -1.98. The Hall–Kier alpha value is -2.31. The van der Waals surface area contributed by atoms with Crippen molar-refractivity contribution in [3.63, 3.8) is 0 Å². The van der Waals surface area contributed by atoms with E-state index in [2.05, 4.69) is 30.7 Å². The second kappa shape index (κ2) is 3.93. The fourth-order valence-electron chi connectivity index (χ4n) is 1.46. The summed E-state index contributed by atoms with van der Waals surface area (Å²) in [5, 5.41) is 16.6. The SMILES string of the molecule is O=C(Nc1cccnn1)c1n[nH]c(C2CC2)n1. The fraction of sp³-hybridized carbons (Fsp3) is 0.300. The normalized spacial score (nSPS) is 14.6. The van der Waals surface area contributed by atoms with E-state index >= 15 is 0 Å². The van der Waals surface area contributed by atoms with Crippen LogP contribution in [0.1, 0.15) is 35.2 Å². The Kier molecular flexibility index (Phi) is 2.28. The number of carbonyl (C=O) groups excluding carboxylic acids is 1. The van der Waals surface area contributed by atoms with E-state index in [4.69, 9.17) is 0 Å². The maximum atomic E-state index is 11.7. The van der Waals surface area contributed by atoms with Crippen molar-refractivity contribution in [2.24, 2.45) is 0 Å². The van der Waals surface area contributed by atoms with Crippen molar-refractivity contribution >= 4 is 11.7 Å². The third-order valence-electron chi connectivity index (χ3n) is 2.48. The van der Waals surface area contributed by atoms with Crippen LogP contribution >= 0.6 is 0 Å². The molecule has 1 amide bonds. The van der Waals surface area contributed by atoms with Crippen molar-refractivity contribution in [3.8, 4) is 0 Å². The van der Waals surface area contributed by atoms with Crippen LogP contribution in [0.2, 0.25) is 0 Å². The van der Waals surface area contributed by atoms with E-state index in [0.29, 0.717) is 11.7 Å². The average molecular weight is 230 g/mol. The molecule has 3 rings (SSSR count). The first-order valence-electron chi connectivity index (χ1n) is 5.34. The van der Waals surface area contributed by atoms with Crippen molar-refractivity contribution in [1.82, 2.24) is 25.4 Å². The number of aromatic amines is 1. The first kappa shape index (κ1) is 9.88. The highest BCUT2D eigenvalue weighted by atomic mass is 16.2.